The van der Waals surface area contributed by atoms with E-state index < -0.39 is 0 Å². The zero-order valence-corrected chi connectivity index (χ0v) is 9.43. The fraction of sp³-hybridized carbons (Fsp3) is 0.333. The lowest BCUT2D eigenvalue weighted by Crippen LogP contribution is -2.10. The molecular formula is C12H15FN2O. The van der Waals surface area contributed by atoms with Gasteiger partial charge in [-0.05, 0) is 37.7 Å². The van der Waals surface area contributed by atoms with Crippen LogP contribution >= 0.6 is 0 Å². The summed E-state index contributed by atoms with van der Waals surface area (Å²) in [5, 5.41) is 3.69. The van der Waals surface area contributed by atoms with Gasteiger partial charge < -0.3 is 15.0 Å². The monoisotopic (exact) mass is 222 g/mol. The van der Waals surface area contributed by atoms with Crippen molar-refractivity contribution in [2.45, 2.75) is 6.42 Å². The lowest BCUT2D eigenvalue weighted by molar-refractivity contribution is 0.389. The Morgan fingerprint density at radius 1 is 1.44 bits per heavy atom. The summed E-state index contributed by atoms with van der Waals surface area (Å²) in [5.74, 6) is 0.00478. The third-order valence-corrected chi connectivity index (χ3v) is 2.69. The van der Waals surface area contributed by atoms with Crippen molar-refractivity contribution in [3.8, 4) is 5.75 Å². The van der Waals surface area contributed by atoms with Gasteiger partial charge in [-0.1, -0.05) is 0 Å². The van der Waals surface area contributed by atoms with E-state index >= 15 is 0 Å². The molecule has 2 rings (SSSR count). The van der Waals surface area contributed by atoms with Gasteiger partial charge in [-0.2, -0.15) is 0 Å². The highest BCUT2D eigenvalue weighted by atomic mass is 19.1. The van der Waals surface area contributed by atoms with Crippen molar-refractivity contribution >= 4 is 10.9 Å². The Labute approximate surface area is 93.6 Å². The van der Waals surface area contributed by atoms with E-state index in [9.17, 15) is 4.39 Å². The number of hydrogen-bond donors (Lipinski definition) is 2. The number of rotatable bonds is 4. The van der Waals surface area contributed by atoms with Crippen molar-refractivity contribution in [1.29, 1.82) is 0 Å². The van der Waals surface area contributed by atoms with Crippen molar-refractivity contribution in [3.05, 3.63) is 29.7 Å². The molecule has 0 aliphatic carbocycles. The topological polar surface area (TPSA) is 37.0 Å². The summed E-state index contributed by atoms with van der Waals surface area (Å²) >= 11 is 0. The minimum atomic E-state index is -0.285. The second-order valence-electron chi connectivity index (χ2n) is 3.67. The average Bonchev–Trinajstić information content (AvgIpc) is 2.71. The second kappa shape index (κ2) is 4.53. The van der Waals surface area contributed by atoms with Crippen LogP contribution in [0.4, 0.5) is 4.39 Å². The Morgan fingerprint density at radius 3 is 2.94 bits per heavy atom. The minimum absolute atomic E-state index is 0.285. The summed E-state index contributed by atoms with van der Waals surface area (Å²) in [6.45, 7) is 0.823. The normalized spacial score (nSPS) is 10.9. The summed E-state index contributed by atoms with van der Waals surface area (Å²) in [4.78, 5) is 3.07. The van der Waals surface area contributed by atoms with E-state index in [-0.39, 0.29) is 11.6 Å². The number of halogens is 1. The zero-order chi connectivity index (χ0) is 11.5. The van der Waals surface area contributed by atoms with Crippen molar-refractivity contribution < 1.29 is 9.13 Å². The fourth-order valence-electron chi connectivity index (χ4n) is 1.84. The van der Waals surface area contributed by atoms with Crippen molar-refractivity contribution in [2.75, 3.05) is 20.7 Å². The van der Waals surface area contributed by atoms with Crippen molar-refractivity contribution in [2.24, 2.45) is 0 Å². The fourth-order valence-corrected chi connectivity index (χ4v) is 1.84. The van der Waals surface area contributed by atoms with Crippen LogP contribution in [0.5, 0.6) is 5.75 Å². The van der Waals surface area contributed by atoms with E-state index in [1.807, 2.05) is 19.3 Å². The molecule has 0 aliphatic heterocycles. The number of aromatic amines is 1. The maximum atomic E-state index is 14.0. The van der Waals surface area contributed by atoms with Crippen LogP contribution < -0.4 is 10.1 Å². The molecule has 0 fully saturated rings. The SMILES string of the molecule is CNCCc1c[nH]c2ccc(OC)c(F)c12. The van der Waals surface area contributed by atoms with Gasteiger partial charge in [0.25, 0.3) is 0 Å². The molecule has 0 bridgehead atoms. The van der Waals surface area contributed by atoms with E-state index in [0.29, 0.717) is 5.39 Å². The van der Waals surface area contributed by atoms with Crippen LogP contribution in [-0.4, -0.2) is 25.7 Å². The number of fused-ring (bicyclic) bond motifs is 1. The Hall–Kier alpha value is -1.55. The van der Waals surface area contributed by atoms with Crippen LogP contribution in [0.2, 0.25) is 0 Å². The second-order valence-corrected chi connectivity index (χ2v) is 3.67. The first-order chi connectivity index (χ1) is 7.77. The quantitative estimate of drug-likeness (QED) is 0.831. The highest BCUT2D eigenvalue weighted by Gasteiger charge is 2.12. The number of likely N-dealkylation sites (N-methyl/N-ethyl adjacent to an activating group) is 1. The van der Waals surface area contributed by atoms with Crippen molar-refractivity contribution in [3.63, 3.8) is 0 Å². The van der Waals surface area contributed by atoms with E-state index in [1.165, 1.54) is 7.11 Å². The molecule has 0 saturated carbocycles. The Balaban J connectivity index is 2.50. The molecule has 0 atom stereocenters. The Kier molecular flexibility index (Phi) is 3.10. The van der Waals surface area contributed by atoms with Gasteiger partial charge in [0.1, 0.15) is 0 Å². The standard InChI is InChI=1S/C12H15FN2O/c1-14-6-5-8-7-15-9-3-4-10(16-2)12(13)11(8)9/h3-4,7,14-15H,5-6H2,1-2H3. The summed E-state index contributed by atoms with van der Waals surface area (Å²) in [7, 11) is 3.36. The van der Waals surface area contributed by atoms with E-state index in [4.69, 9.17) is 4.74 Å². The average molecular weight is 222 g/mol. The number of benzene rings is 1. The molecule has 3 nitrogen and oxygen atoms in total. The molecule has 1 aromatic heterocycles. The summed E-state index contributed by atoms with van der Waals surface area (Å²) in [5.41, 5.74) is 1.78. The van der Waals surface area contributed by atoms with Crippen LogP contribution in [0, 0.1) is 5.82 Å². The third-order valence-electron chi connectivity index (χ3n) is 2.69. The van der Waals surface area contributed by atoms with Gasteiger partial charge >= 0.3 is 0 Å². The molecular weight excluding hydrogens is 207 g/mol. The molecule has 0 saturated heterocycles. The number of nitrogens with one attached hydrogen (secondary N) is 2. The molecule has 86 valence electrons. The van der Waals surface area contributed by atoms with Gasteiger partial charge in [-0.3, -0.25) is 0 Å². The van der Waals surface area contributed by atoms with Crippen molar-refractivity contribution in [1.82, 2.24) is 10.3 Å². The molecule has 0 amide bonds. The van der Waals surface area contributed by atoms with Crippen LogP contribution in [-0.2, 0) is 6.42 Å². The molecule has 1 heterocycles. The highest BCUT2D eigenvalue weighted by molar-refractivity contribution is 5.85. The molecule has 0 radical (unpaired) electrons. The first-order valence-corrected chi connectivity index (χ1v) is 5.25. The minimum Gasteiger partial charge on any atom is -0.494 e. The van der Waals surface area contributed by atoms with Gasteiger partial charge in [0, 0.05) is 17.1 Å². The third kappa shape index (κ3) is 1.76. The van der Waals surface area contributed by atoms with E-state index in [1.54, 1.807) is 6.07 Å². The summed E-state index contributed by atoms with van der Waals surface area (Å²) in [6.07, 6.45) is 2.64. The van der Waals surface area contributed by atoms with Gasteiger partial charge in [-0.25, -0.2) is 4.39 Å². The van der Waals surface area contributed by atoms with Gasteiger partial charge in [-0.15, -0.1) is 0 Å². The van der Waals surface area contributed by atoms with Gasteiger partial charge in [0.15, 0.2) is 11.6 Å². The van der Waals surface area contributed by atoms with Crippen LogP contribution in [0.15, 0.2) is 18.3 Å². The Morgan fingerprint density at radius 2 is 2.25 bits per heavy atom. The zero-order valence-electron chi connectivity index (χ0n) is 9.43. The number of H-pyrrole nitrogens is 1. The van der Waals surface area contributed by atoms with Gasteiger partial charge in [0.05, 0.1) is 7.11 Å². The number of ether oxygens (including phenoxy) is 1. The maximum Gasteiger partial charge on any atom is 0.174 e. The smallest absolute Gasteiger partial charge is 0.174 e. The number of methoxy groups -OCH3 is 1. The number of aromatic nitrogens is 1. The summed E-state index contributed by atoms with van der Waals surface area (Å²) in [6, 6.07) is 3.47. The lowest BCUT2D eigenvalue weighted by atomic mass is 10.1. The van der Waals surface area contributed by atoms with E-state index in [2.05, 4.69) is 10.3 Å². The maximum absolute atomic E-state index is 14.0. The van der Waals surface area contributed by atoms with E-state index in [0.717, 1.165) is 24.0 Å². The molecule has 2 aromatic rings. The molecule has 4 heteroatoms. The largest absolute Gasteiger partial charge is 0.494 e. The van der Waals surface area contributed by atoms with Crippen LogP contribution in [0.25, 0.3) is 10.9 Å². The number of hydrogen-bond acceptors (Lipinski definition) is 2. The van der Waals surface area contributed by atoms with Gasteiger partial charge in [0.2, 0.25) is 0 Å². The highest BCUT2D eigenvalue weighted by Crippen LogP contribution is 2.28. The first kappa shape index (κ1) is 11.0. The molecule has 2 N–H and O–H groups in total. The molecule has 1 aromatic carbocycles. The molecule has 16 heavy (non-hydrogen) atoms. The molecule has 0 aliphatic rings. The first-order valence-electron chi connectivity index (χ1n) is 5.25. The van der Waals surface area contributed by atoms with Crippen LogP contribution in [0.1, 0.15) is 5.56 Å². The molecule has 0 unspecified atom stereocenters. The Bertz CT molecular complexity index is 493. The van der Waals surface area contributed by atoms with Crippen LogP contribution in [0.3, 0.4) is 0 Å². The molecule has 0 spiro atoms. The summed E-state index contributed by atoms with van der Waals surface area (Å²) < 4.78 is 19.0. The lowest BCUT2D eigenvalue weighted by Gasteiger charge is -2.04. The predicted octanol–water partition coefficient (Wildman–Crippen LogP) is 2.08. The predicted molar refractivity (Wildman–Crippen MR) is 62.4 cm³/mol.